The number of carbonyl (C=O) groups is 4. The van der Waals surface area contributed by atoms with E-state index < -0.39 is 17.6 Å². The topological polar surface area (TPSA) is 152 Å². The molecule has 12 heteroatoms. The fourth-order valence-corrected chi connectivity index (χ4v) is 4.60. The zero-order valence-corrected chi connectivity index (χ0v) is 21.5. The van der Waals surface area contributed by atoms with E-state index in [4.69, 9.17) is 4.74 Å². The number of fused-ring (bicyclic) bond motifs is 1. The van der Waals surface area contributed by atoms with E-state index in [2.05, 4.69) is 25.4 Å². The first kappa shape index (κ1) is 25.8. The number of carbonyl (C=O) groups excluding carboxylic acids is 4. The predicted molar refractivity (Wildman–Crippen MR) is 140 cm³/mol. The molecule has 1 fully saturated rings. The molecule has 2 N–H and O–H groups in total. The molecule has 0 aliphatic carbocycles. The van der Waals surface area contributed by atoms with Crippen LogP contribution < -0.4 is 10.1 Å². The molecule has 200 valence electrons. The van der Waals surface area contributed by atoms with E-state index in [9.17, 15) is 19.2 Å². The maximum atomic E-state index is 13.3. The number of hydrogen-bond donors (Lipinski definition) is 2. The molecule has 1 aliphatic rings. The number of pyridine rings is 1. The number of likely N-dealkylation sites (tertiary alicyclic amines) is 1. The van der Waals surface area contributed by atoms with Crippen LogP contribution in [0.1, 0.15) is 51.1 Å². The van der Waals surface area contributed by atoms with Crippen LogP contribution in [0.5, 0.6) is 5.75 Å². The molecular weight excluding hydrogens is 502 g/mol. The molecule has 1 aromatic carbocycles. The Bertz CT molecular complexity index is 1550. The minimum atomic E-state index is -0.683. The number of methoxy groups -OCH3 is 1. The monoisotopic (exact) mass is 529 g/mol. The van der Waals surface area contributed by atoms with Crippen molar-refractivity contribution < 1.29 is 23.9 Å². The van der Waals surface area contributed by atoms with Crippen molar-refractivity contribution in [1.82, 2.24) is 34.9 Å². The standard InChI is InChI=1S/C27H27N7O5/c1-3-28-26(37)24-31-15-34(32-24)25-22-21(20(39-2)12-30-25)18(11-29-22)23(36)27(38)33-13-16(14-33)9-10-19(35)17-7-5-4-6-8-17/h4-8,11-12,15-16,29H,3,9-10,13-14H2,1-2H3,(H,28,37). The van der Waals surface area contributed by atoms with Gasteiger partial charge in [-0.15, -0.1) is 5.10 Å². The summed E-state index contributed by atoms with van der Waals surface area (Å²) in [7, 11) is 1.44. The summed E-state index contributed by atoms with van der Waals surface area (Å²) in [6.45, 7) is 3.05. The van der Waals surface area contributed by atoms with Crippen LogP contribution in [0.4, 0.5) is 0 Å². The van der Waals surface area contributed by atoms with Crippen molar-refractivity contribution in [3.8, 4) is 11.6 Å². The predicted octanol–water partition coefficient (Wildman–Crippen LogP) is 2.21. The van der Waals surface area contributed by atoms with Gasteiger partial charge in [0.25, 0.3) is 17.6 Å². The van der Waals surface area contributed by atoms with Gasteiger partial charge < -0.3 is 19.9 Å². The smallest absolute Gasteiger partial charge is 0.295 e. The molecule has 0 saturated carbocycles. The number of aromatic nitrogens is 5. The number of ketones is 2. The normalized spacial score (nSPS) is 13.2. The SMILES string of the molecule is CCNC(=O)c1ncn(-c2ncc(OC)c3c(C(=O)C(=O)N4CC(CCC(=O)c5ccccc5)C4)c[nH]c23)n1. The van der Waals surface area contributed by atoms with Gasteiger partial charge in [0.15, 0.2) is 11.6 Å². The third-order valence-corrected chi connectivity index (χ3v) is 6.68. The average Bonchev–Trinajstić information content (AvgIpc) is 3.60. The Morgan fingerprint density at radius 1 is 1.13 bits per heavy atom. The van der Waals surface area contributed by atoms with Gasteiger partial charge in [0.05, 0.1) is 29.8 Å². The maximum absolute atomic E-state index is 13.3. The first-order valence-corrected chi connectivity index (χ1v) is 12.6. The summed E-state index contributed by atoms with van der Waals surface area (Å²) in [5, 5.41) is 7.19. The van der Waals surface area contributed by atoms with Gasteiger partial charge in [-0.1, -0.05) is 30.3 Å². The molecule has 0 unspecified atom stereocenters. The summed E-state index contributed by atoms with van der Waals surface area (Å²) in [4.78, 5) is 63.6. The van der Waals surface area contributed by atoms with Gasteiger partial charge >= 0.3 is 0 Å². The summed E-state index contributed by atoms with van der Waals surface area (Å²) in [6.07, 6.45) is 5.25. The number of benzene rings is 1. The lowest BCUT2D eigenvalue weighted by atomic mass is 9.91. The van der Waals surface area contributed by atoms with Crippen LogP contribution in [-0.2, 0) is 4.79 Å². The molecule has 0 bridgehead atoms. The number of H-pyrrole nitrogens is 1. The Labute approximate surface area is 223 Å². The van der Waals surface area contributed by atoms with Gasteiger partial charge in [0.2, 0.25) is 5.82 Å². The minimum absolute atomic E-state index is 0.0292. The van der Waals surface area contributed by atoms with Crippen molar-refractivity contribution in [2.45, 2.75) is 19.8 Å². The second-order valence-corrected chi connectivity index (χ2v) is 9.21. The molecule has 5 rings (SSSR count). The average molecular weight is 530 g/mol. The number of amides is 2. The molecule has 4 heterocycles. The van der Waals surface area contributed by atoms with Crippen molar-refractivity contribution in [2.75, 3.05) is 26.7 Å². The summed E-state index contributed by atoms with van der Waals surface area (Å²) in [5.41, 5.74) is 1.22. The molecule has 3 aromatic heterocycles. The molecule has 39 heavy (non-hydrogen) atoms. The van der Waals surface area contributed by atoms with Crippen LogP contribution in [0.3, 0.4) is 0 Å². The van der Waals surface area contributed by atoms with E-state index in [0.29, 0.717) is 54.7 Å². The molecule has 0 atom stereocenters. The number of Topliss-reactive ketones (excluding diaryl/α,β-unsaturated/α-hetero) is 2. The zero-order valence-electron chi connectivity index (χ0n) is 21.5. The highest BCUT2D eigenvalue weighted by molar-refractivity contribution is 6.45. The second kappa shape index (κ2) is 10.9. The number of nitrogens with zero attached hydrogens (tertiary/aromatic N) is 5. The van der Waals surface area contributed by atoms with Crippen molar-refractivity contribution in [1.29, 1.82) is 0 Å². The van der Waals surface area contributed by atoms with Crippen LogP contribution in [0.15, 0.2) is 49.1 Å². The Hall–Kier alpha value is -4.87. The molecule has 4 aromatic rings. The van der Waals surface area contributed by atoms with Crippen molar-refractivity contribution in [2.24, 2.45) is 5.92 Å². The minimum Gasteiger partial charge on any atom is -0.494 e. The summed E-state index contributed by atoms with van der Waals surface area (Å²) in [5.74, 6) is -0.946. The molecule has 1 aliphatic heterocycles. The highest BCUT2D eigenvalue weighted by Gasteiger charge is 2.36. The molecule has 2 amide bonds. The van der Waals surface area contributed by atoms with E-state index >= 15 is 0 Å². The molecule has 0 radical (unpaired) electrons. The summed E-state index contributed by atoms with van der Waals surface area (Å²) >= 11 is 0. The molecule has 0 spiro atoms. The van der Waals surface area contributed by atoms with Crippen LogP contribution in [-0.4, -0.2) is 79.8 Å². The number of rotatable bonds is 10. The van der Waals surface area contributed by atoms with E-state index in [1.165, 1.54) is 35.4 Å². The van der Waals surface area contributed by atoms with E-state index in [1.807, 2.05) is 18.2 Å². The molecular formula is C27H27N7O5. The van der Waals surface area contributed by atoms with Crippen LogP contribution in [0.2, 0.25) is 0 Å². The Balaban J connectivity index is 1.29. The Kier molecular flexibility index (Phi) is 7.17. The number of hydrogen-bond acceptors (Lipinski definition) is 8. The number of ether oxygens (including phenoxy) is 1. The third kappa shape index (κ3) is 5.00. The molecule has 1 saturated heterocycles. The van der Waals surface area contributed by atoms with Crippen LogP contribution in [0.25, 0.3) is 16.7 Å². The summed E-state index contributed by atoms with van der Waals surface area (Å²) < 4.78 is 6.75. The zero-order chi connectivity index (χ0) is 27.5. The van der Waals surface area contributed by atoms with E-state index in [-0.39, 0.29) is 28.9 Å². The Morgan fingerprint density at radius 2 is 1.90 bits per heavy atom. The first-order valence-electron chi connectivity index (χ1n) is 12.6. The lowest BCUT2D eigenvalue weighted by Gasteiger charge is -2.38. The molecule has 12 nitrogen and oxygen atoms in total. The third-order valence-electron chi connectivity index (χ3n) is 6.68. The van der Waals surface area contributed by atoms with Crippen molar-refractivity contribution in [3.63, 3.8) is 0 Å². The van der Waals surface area contributed by atoms with Gasteiger partial charge in [0.1, 0.15) is 12.1 Å². The second-order valence-electron chi connectivity index (χ2n) is 9.21. The highest BCUT2D eigenvalue weighted by Crippen LogP contribution is 2.32. The van der Waals surface area contributed by atoms with Crippen molar-refractivity contribution in [3.05, 3.63) is 66.0 Å². The lowest BCUT2D eigenvalue weighted by molar-refractivity contribution is -0.132. The first-order chi connectivity index (χ1) is 18.9. The van der Waals surface area contributed by atoms with Gasteiger partial charge in [-0.25, -0.2) is 9.97 Å². The summed E-state index contributed by atoms with van der Waals surface area (Å²) in [6, 6.07) is 9.10. The van der Waals surface area contributed by atoms with Gasteiger partial charge in [-0.2, -0.15) is 4.68 Å². The van der Waals surface area contributed by atoms with Gasteiger partial charge in [-0.3, -0.25) is 19.2 Å². The van der Waals surface area contributed by atoms with Crippen molar-refractivity contribution >= 4 is 34.3 Å². The Morgan fingerprint density at radius 3 is 2.62 bits per heavy atom. The highest BCUT2D eigenvalue weighted by atomic mass is 16.5. The number of nitrogens with one attached hydrogen (secondary N) is 2. The van der Waals surface area contributed by atoms with E-state index in [1.54, 1.807) is 19.1 Å². The van der Waals surface area contributed by atoms with Gasteiger partial charge in [-0.05, 0) is 19.3 Å². The van der Waals surface area contributed by atoms with Gasteiger partial charge in [0, 0.05) is 37.8 Å². The van der Waals surface area contributed by atoms with Crippen LogP contribution >= 0.6 is 0 Å². The van der Waals surface area contributed by atoms with E-state index in [0.717, 1.165) is 0 Å². The largest absolute Gasteiger partial charge is 0.494 e. The maximum Gasteiger partial charge on any atom is 0.295 e. The van der Waals surface area contributed by atoms with Crippen LogP contribution in [0, 0.1) is 5.92 Å². The fraction of sp³-hybridized carbons (Fsp3) is 0.296. The number of aromatic amines is 1. The fourth-order valence-electron chi connectivity index (χ4n) is 4.60. The lowest BCUT2D eigenvalue weighted by Crippen LogP contribution is -2.52. The quantitative estimate of drug-likeness (QED) is 0.234.